The van der Waals surface area contributed by atoms with Crippen molar-refractivity contribution in [2.75, 3.05) is 63.7 Å². The van der Waals surface area contributed by atoms with E-state index in [0.717, 1.165) is 12.8 Å². The summed E-state index contributed by atoms with van der Waals surface area (Å²) in [5.41, 5.74) is 6.57. The third kappa shape index (κ3) is 5.97. The molecule has 2 aliphatic rings. The van der Waals surface area contributed by atoms with Crippen molar-refractivity contribution in [3.8, 4) is 0 Å². The number of carbonyl (C=O) groups is 3. The van der Waals surface area contributed by atoms with Crippen LogP contribution in [0.15, 0.2) is 24.3 Å². The molecule has 2 aromatic rings. The van der Waals surface area contributed by atoms with E-state index in [0.29, 0.717) is 56.6 Å². The number of rotatable bonds is 6. The van der Waals surface area contributed by atoms with Gasteiger partial charge in [-0.2, -0.15) is 4.98 Å². The Labute approximate surface area is 209 Å². The Hall–Kier alpha value is -4.00. The van der Waals surface area contributed by atoms with Crippen LogP contribution in [-0.2, 0) is 4.74 Å². The van der Waals surface area contributed by atoms with Crippen molar-refractivity contribution >= 4 is 35.3 Å². The van der Waals surface area contributed by atoms with Gasteiger partial charge in [-0.15, -0.1) is 10.2 Å². The van der Waals surface area contributed by atoms with E-state index < -0.39 is 5.91 Å². The molecule has 1 aromatic heterocycles. The SMILES string of the molecule is CN(C)C(=O)NC1CCCN(c2nnc(C(N)=O)c(Nc3ccc(C(=O)N4CCOCC4)cc3)n2)C1. The summed E-state index contributed by atoms with van der Waals surface area (Å²) in [6.45, 7) is 3.38. The lowest BCUT2D eigenvalue weighted by atomic mass is 10.1. The first-order valence-electron chi connectivity index (χ1n) is 11.8. The van der Waals surface area contributed by atoms with Crippen molar-refractivity contribution < 1.29 is 19.1 Å². The summed E-state index contributed by atoms with van der Waals surface area (Å²) in [6, 6.07) is 6.65. The second-order valence-electron chi connectivity index (χ2n) is 8.91. The van der Waals surface area contributed by atoms with Crippen LogP contribution >= 0.6 is 0 Å². The summed E-state index contributed by atoms with van der Waals surface area (Å²) < 4.78 is 5.30. The lowest BCUT2D eigenvalue weighted by Gasteiger charge is -2.33. The molecule has 2 fully saturated rings. The zero-order valence-corrected chi connectivity index (χ0v) is 20.4. The average Bonchev–Trinajstić information content (AvgIpc) is 2.89. The molecule has 4 amide bonds. The number of carbonyl (C=O) groups excluding carboxylic acids is 3. The predicted octanol–water partition coefficient (Wildman–Crippen LogP) is 0.427. The highest BCUT2D eigenvalue weighted by Gasteiger charge is 2.26. The van der Waals surface area contributed by atoms with E-state index in [-0.39, 0.29) is 29.5 Å². The lowest BCUT2D eigenvalue weighted by molar-refractivity contribution is 0.0303. The van der Waals surface area contributed by atoms with Crippen LogP contribution in [0.1, 0.15) is 33.7 Å². The highest BCUT2D eigenvalue weighted by molar-refractivity contribution is 5.97. The van der Waals surface area contributed by atoms with Gasteiger partial charge < -0.3 is 35.8 Å². The van der Waals surface area contributed by atoms with E-state index in [2.05, 4.69) is 25.8 Å². The van der Waals surface area contributed by atoms with Gasteiger partial charge in [0.25, 0.3) is 11.8 Å². The molecule has 4 rings (SSSR count). The number of primary amides is 1. The van der Waals surface area contributed by atoms with Gasteiger partial charge >= 0.3 is 6.03 Å². The second-order valence-corrected chi connectivity index (χ2v) is 8.91. The normalized spacial score (nSPS) is 17.9. The van der Waals surface area contributed by atoms with Crippen LogP contribution in [0.5, 0.6) is 0 Å². The van der Waals surface area contributed by atoms with Gasteiger partial charge in [0.1, 0.15) is 0 Å². The van der Waals surface area contributed by atoms with E-state index in [1.807, 2.05) is 4.90 Å². The number of urea groups is 1. The zero-order chi connectivity index (χ0) is 25.7. The molecule has 0 aliphatic carbocycles. The number of amides is 4. The molecule has 13 nitrogen and oxygen atoms in total. The van der Waals surface area contributed by atoms with Crippen molar-refractivity contribution in [3.63, 3.8) is 0 Å². The van der Waals surface area contributed by atoms with E-state index >= 15 is 0 Å². The highest BCUT2D eigenvalue weighted by atomic mass is 16.5. The van der Waals surface area contributed by atoms with Crippen LogP contribution in [0.25, 0.3) is 0 Å². The number of nitrogens with one attached hydrogen (secondary N) is 2. The van der Waals surface area contributed by atoms with Gasteiger partial charge in [0.15, 0.2) is 11.5 Å². The maximum absolute atomic E-state index is 12.7. The molecule has 1 atom stereocenters. The number of morpholine rings is 1. The molecule has 1 unspecified atom stereocenters. The quantitative estimate of drug-likeness (QED) is 0.514. The second kappa shape index (κ2) is 11.2. The molecule has 0 radical (unpaired) electrons. The number of anilines is 3. The fourth-order valence-electron chi connectivity index (χ4n) is 4.07. The van der Waals surface area contributed by atoms with Gasteiger partial charge in [-0.05, 0) is 37.1 Å². The molecule has 2 saturated heterocycles. The lowest BCUT2D eigenvalue weighted by Crippen LogP contribution is -2.50. The summed E-state index contributed by atoms with van der Waals surface area (Å²) in [6.07, 6.45) is 1.67. The summed E-state index contributed by atoms with van der Waals surface area (Å²) in [5.74, 6) is -0.336. The fourth-order valence-corrected chi connectivity index (χ4v) is 4.07. The molecular weight excluding hydrogens is 466 g/mol. The molecule has 1 aromatic carbocycles. The molecule has 0 bridgehead atoms. The van der Waals surface area contributed by atoms with E-state index in [1.165, 1.54) is 4.90 Å². The number of hydrogen-bond donors (Lipinski definition) is 3. The zero-order valence-electron chi connectivity index (χ0n) is 20.4. The van der Waals surface area contributed by atoms with Crippen molar-refractivity contribution in [1.29, 1.82) is 0 Å². The predicted molar refractivity (Wildman–Crippen MR) is 132 cm³/mol. The molecular formula is C23H31N9O4. The molecule has 0 spiro atoms. The van der Waals surface area contributed by atoms with E-state index in [4.69, 9.17) is 10.5 Å². The van der Waals surface area contributed by atoms with E-state index in [1.54, 1.807) is 43.3 Å². The van der Waals surface area contributed by atoms with Gasteiger partial charge in [-0.3, -0.25) is 9.59 Å². The molecule has 0 saturated carbocycles. The number of piperidine rings is 1. The Morgan fingerprint density at radius 3 is 2.47 bits per heavy atom. The first-order valence-corrected chi connectivity index (χ1v) is 11.8. The van der Waals surface area contributed by atoms with Crippen molar-refractivity contribution in [2.24, 2.45) is 5.73 Å². The Kier molecular flexibility index (Phi) is 7.78. The summed E-state index contributed by atoms with van der Waals surface area (Å²) in [5, 5.41) is 14.2. The third-order valence-electron chi connectivity index (χ3n) is 6.04. The van der Waals surface area contributed by atoms with Crippen molar-refractivity contribution in [3.05, 3.63) is 35.5 Å². The van der Waals surface area contributed by atoms with Gasteiger partial charge in [0.2, 0.25) is 5.95 Å². The number of nitrogens with two attached hydrogens (primary N) is 1. The molecule has 36 heavy (non-hydrogen) atoms. The van der Waals surface area contributed by atoms with Crippen molar-refractivity contribution in [2.45, 2.75) is 18.9 Å². The van der Waals surface area contributed by atoms with Gasteiger partial charge in [0.05, 0.1) is 13.2 Å². The largest absolute Gasteiger partial charge is 0.378 e. The molecule has 3 heterocycles. The van der Waals surface area contributed by atoms with Crippen LogP contribution in [0.2, 0.25) is 0 Å². The Bertz CT molecular complexity index is 1100. The van der Waals surface area contributed by atoms with Crippen LogP contribution in [0.3, 0.4) is 0 Å². The molecule has 4 N–H and O–H groups in total. The van der Waals surface area contributed by atoms with Gasteiger partial charge in [0, 0.05) is 57.6 Å². The minimum atomic E-state index is -0.766. The average molecular weight is 498 g/mol. The monoisotopic (exact) mass is 497 g/mol. The first kappa shape index (κ1) is 25.1. The Morgan fingerprint density at radius 1 is 1.08 bits per heavy atom. The minimum Gasteiger partial charge on any atom is -0.378 e. The first-order chi connectivity index (χ1) is 17.3. The standard InChI is InChI=1S/C23H31N9O4/c1-30(2)23(35)26-17-4-3-9-32(14-17)22-27-20(18(19(24)33)28-29-22)25-16-7-5-15(6-8-16)21(34)31-10-12-36-13-11-31/h5-8,17H,3-4,9-14H2,1-2H3,(H2,24,33)(H,26,35)(H,25,27,29). The smallest absolute Gasteiger partial charge is 0.317 e. The molecule has 13 heteroatoms. The molecule has 192 valence electrons. The van der Waals surface area contributed by atoms with Gasteiger partial charge in [-0.25, -0.2) is 4.79 Å². The minimum absolute atomic E-state index is 0.0605. The van der Waals surface area contributed by atoms with E-state index in [9.17, 15) is 14.4 Å². The van der Waals surface area contributed by atoms with Crippen LogP contribution in [0, 0.1) is 0 Å². The number of ether oxygens (including phenoxy) is 1. The summed E-state index contributed by atoms with van der Waals surface area (Å²) in [7, 11) is 3.38. The number of hydrogen-bond acceptors (Lipinski definition) is 9. The maximum Gasteiger partial charge on any atom is 0.317 e. The Balaban J connectivity index is 1.49. The topological polar surface area (TPSA) is 159 Å². The summed E-state index contributed by atoms with van der Waals surface area (Å²) >= 11 is 0. The number of nitrogens with zero attached hydrogens (tertiary/aromatic N) is 6. The van der Waals surface area contributed by atoms with Gasteiger partial charge in [-0.1, -0.05) is 0 Å². The molecule has 2 aliphatic heterocycles. The van der Waals surface area contributed by atoms with Crippen LogP contribution < -0.4 is 21.3 Å². The van der Waals surface area contributed by atoms with Crippen LogP contribution in [0.4, 0.5) is 22.2 Å². The fraction of sp³-hybridized carbons (Fsp3) is 0.478. The Morgan fingerprint density at radius 2 is 1.81 bits per heavy atom. The number of aromatic nitrogens is 3. The summed E-state index contributed by atoms with van der Waals surface area (Å²) in [4.78, 5) is 46.4. The maximum atomic E-state index is 12.7. The third-order valence-corrected chi connectivity index (χ3v) is 6.04. The number of benzene rings is 1. The van der Waals surface area contributed by atoms with Crippen molar-refractivity contribution in [1.82, 2.24) is 30.3 Å². The van der Waals surface area contributed by atoms with Crippen LogP contribution in [-0.4, -0.2) is 102 Å². The highest BCUT2D eigenvalue weighted by Crippen LogP contribution is 2.22.